The molecule has 3 rings (SSSR count). The van der Waals surface area contributed by atoms with Gasteiger partial charge in [-0.1, -0.05) is 25.7 Å². The van der Waals surface area contributed by atoms with Gasteiger partial charge in [0.1, 0.15) is 0 Å². The van der Waals surface area contributed by atoms with Gasteiger partial charge in [-0.25, -0.2) is 4.52 Å². The molecule has 2 aromatic rings. The fraction of sp³-hybridized carbons (Fsp3) is 0.625. The van der Waals surface area contributed by atoms with Crippen molar-refractivity contribution in [1.29, 1.82) is 0 Å². The lowest BCUT2D eigenvalue weighted by Gasteiger charge is -2.15. The molecule has 114 valence electrons. The van der Waals surface area contributed by atoms with Crippen LogP contribution in [0, 0.1) is 6.92 Å². The molecule has 1 saturated carbocycles. The van der Waals surface area contributed by atoms with Crippen molar-refractivity contribution in [3.05, 3.63) is 23.9 Å². The average Bonchev–Trinajstić information content (AvgIpc) is 2.69. The normalized spacial score (nSPS) is 17.0. The first-order valence-corrected chi connectivity index (χ1v) is 8.11. The minimum atomic E-state index is 0.700. The summed E-state index contributed by atoms with van der Waals surface area (Å²) in [5, 5.41) is 11.4. The molecule has 0 unspecified atom stereocenters. The lowest BCUT2D eigenvalue weighted by atomic mass is 10.1. The summed E-state index contributed by atoms with van der Waals surface area (Å²) in [6.45, 7) is 3.91. The molecule has 2 aromatic heterocycles. The first-order valence-electron chi connectivity index (χ1n) is 8.11. The summed E-state index contributed by atoms with van der Waals surface area (Å²) >= 11 is 0. The molecule has 5 heteroatoms. The van der Waals surface area contributed by atoms with Crippen molar-refractivity contribution < 1.29 is 0 Å². The lowest BCUT2D eigenvalue weighted by molar-refractivity contribution is 0.468. The summed E-state index contributed by atoms with van der Waals surface area (Å²) in [5.41, 5.74) is 2.10. The Hall–Kier alpha value is -1.62. The molecule has 2 heterocycles. The van der Waals surface area contributed by atoms with Crippen molar-refractivity contribution >= 4 is 11.6 Å². The van der Waals surface area contributed by atoms with Crippen LogP contribution in [0.25, 0.3) is 5.65 Å². The minimum Gasteiger partial charge on any atom is -0.352 e. The zero-order valence-corrected chi connectivity index (χ0v) is 12.8. The predicted molar refractivity (Wildman–Crippen MR) is 85.7 cm³/mol. The summed E-state index contributed by atoms with van der Waals surface area (Å²) in [7, 11) is 0. The van der Waals surface area contributed by atoms with Crippen LogP contribution in [-0.2, 0) is 0 Å². The van der Waals surface area contributed by atoms with Gasteiger partial charge < -0.3 is 10.6 Å². The Morgan fingerprint density at radius 2 is 2.00 bits per heavy atom. The van der Waals surface area contributed by atoms with Crippen molar-refractivity contribution in [2.75, 3.05) is 18.4 Å². The van der Waals surface area contributed by atoms with Crippen LogP contribution >= 0.6 is 0 Å². The summed E-state index contributed by atoms with van der Waals surface area (Å²) in [6.07, 6.45) is 10.2. The largest absolute Gasteiger partial charge is 0.352 e. The zero-order valence-electron chi connectivity index (χ0n) is 12.8. The number of hydrogen-bond donors (Lipinski definition) is 2. The van der Waals surface area contributed by atoms with Crippen LogP contribution in [0.15, 0.2) is 18.3 Å². The minimum absolute atomic E-state index is 0.700. The smallest absolute Gasteiger partial charge is 0.243 e. The van der Waals surface area contributed by atoms with E-state index in [4.69, 9.17) is 0 Å². The second-order valence-electron chi connectivity index (χ2n) is 6.01. The van der Waals surface area contributed by atoms with E-state index in [9.17, 15) is 0 Å². The molecule has 0 saturated heterocycles. The molecule has 1 aliphatic rings. The molecular formula is C16H25N5. The highest BCUT2D eigenvalue weighted by atomic mass is 15.3. The van der Waals surface area contributed by atoms with Gasteiger partial charge in [0.2, 0.25) is 5.95 Å². The van der Waals surface area contributed by atoms with E-state index in [0.29, 0.717) is 12.0 Å². The Labute approximate surface area is 126 Å². The van der Waals surface area contributed by atoms with Gasteiger partial charge in [0.15, 0.2) is 5.65 Å². The van der Waals surface area contributed by atoms with E-state index in [1.807, 2.05) is 22.8 Å². The second-order valence-corrected chi connectivity index (χ2v) is 6.01. The number of fused-ring (bicyclic) bond motifs is 1. The Kier molecular flexibility index (Phi) is 4.70. The van der Waals surface area contributed by atoms with Gasteiger partial charge in [-0.3, -0.25) is 0 Å². The highest BCUT2D eigenvalue weighted by molar-refractivity contribution is 5.45. The Morgan fingerprint density at radius 3 is 2.81 bits per heavy atom. The molecule has 5 nitrogen and oxygen atoms in total. The van der Waals surface area contributed by atoms with E-state index in [-0.39, 0.29) is 0 Å². The molecular weight excluding hydrogens is 262 g/mol. The summed E-state index contributed by atoms with van der Waals surface area (Å²) in [6, 6.07) is 4.78. The Morgan fingerprint density at radius 1 is 1.19 bits per heavy atom. The van der Waals surface area contributed by atoms with Crippen LogP contribution in [0.2, 0.25) is 0 Å². The van der Waals surface area contributed by atoms with Gasteiger partial charge in [-0.05, 0) is 37.5 Å². The number of nitrogens with one attached hydrogen (secondary N) is 2. The van der Waals surface area contributed by atoms with Crippen LogP contribution in [0.1, 0.15) is 44.1 Å². The van der Waals surface area contributed by atoms with Gasteiger partial charge in [0.05, 0.1) is 0 Å². The molecule has 0 amide bonds. The van der Waals surface area contributed by atoms with Gasteiger partial charge in [-0.2, -0.15) is 4.98 Å². The van der Waals surface area contributed by atoms with E-state index in [1.165, 1.54) is 44.1 Å². The first kappa shape index (κ1) is 14.3. The van der Waals surface area contributed by atoms with E-state index in [1.54, 1.807) is 0 Å². The number of anilines is 1. The van der Waals surface area contributed by atoms with Crippen LogP contribution in [0.4, 0.5) is 5.95 Å². The third kappa shape index (κ3) is 3.94. The van der Waals surface area contributed by atoms with E-state index in [2.05, 4.69) is 27.6 Å². The Balaban J connectivity index is 1.45. The van der Waals surface area contributed by atoms with Crippen molar-refractivity contribution in [2.45, 2.75) is 51.5 Å². The van der Waals surface area contributed by atoms with Crippen molar-refractivity contribution in [3.63, 3.8) is 0 Å². The number of rotatable bonds is 5. The average molecular weight is 287 g/mol. The maximum Gasteiger partial charge on any atom is 0.243 e. The zero-order chi connectivity index (χ0) is 14.5. The van der Waals surface area contributed by atoms with Gasteiger partial charge in [0, 0.05) is 25.3 Å². The topological polar surface area (TPSA) is 54.2 Å². The maximum atomic E-state index is 4.49. The molecule has 0 aromatic carbocycles. The Bertz CT molecular complexity index is 569. The molecule has 0 spiro atoms. The molecule has 0 aliphatic heterocycles. The molecule has 0 atom stereocenters. The van der Waals surface area contributed by atoms with Crippen LogP contribution < -0.4 is 10.6 Å². The molecule has 2 N–H and O–H groups in total. The standard InChI is InChI=1S/C16H25N5/c1-13-8-11-21-15(12-13)19-16(20-21)18-10-9-17-14-6-4-2-3-5-7-14/h8,11-12,14,17H,2-7,9-10H2,1H3,(H,18,20). The maximum absolute atomic E-state index is 4.49. The number of aryl methyl sites for hydroxylation is 1. The monoisotopic (exact) mass is 287 g/mol. The highest BCUT2D eigenvalue weighted by Crippen LogP contribution is 2.16. The molecule has 1 aliphatic carbocycles. The number of pyridine rings is 1. The second kappa shape index (κ2) is 6.89. The van der Waals surface area contributed by atoms with E-state index in [0.717, 1.165) is 18.7 Å². The first-order chi connectivity index (χ1) is 10.3. The van der Waals surface area contributed by atoms with Crippen molar-refractivity contribution in [3.8, 4) is 0 Å². The summed E-state index contributed by atoms with van der Waals surface area (Å²) in [4.78, 5) is 4.49. The third-order valence-corrected chi connectivity index (χ3v) is 4.19. The summed E-state index contributed by atoms with van der Waals surface area (Å²) in [5.74, 6) is 0.711. The van der Waals surface area contributed by atoms with Crippen LogP contribution in [0.3, 0.4) is 0 Å². The quantitative estimate of drug-likeness (QED) is 0.656. The number of aromatic nitrogens is 3. The van der Waals surface area contributed by atoms with Crippen molar-refractivity contribution in [1.82, 2.24) is 19.9 Å². The highest BCUT2D eigenvalue weighted by Gasteiger charge is 2.11. The third-order valence-electron chi connectivity index (χ3n) is 4.19. The van der Waals surface area contributed by atoms with Crippen LogP contribution in [0.5, 0.6) is 0 Å². The SMILES string of the molecule is Cc1ccn2nc(NCCNC3CCCCCC3)nc2c1. The molecule has 21 heavy (non-hydrogen) atoms. The number of hydrogen-bond acceptors (Lipinski definition) is 4. The van der Waals surface area contributed by atoms with Gasteiger partial charge in [-0.15, -0.1) is 5.10 Å². The fourth-order valence-electron chi connectivity index (χ4n) is 2.99. The fourth-order valence-corrected chi connectivity index (χ4v) is 2.99. The van der Waals surface area contributed by atoms with Gasteiger partial charge >= 0.3 is 0 Å². The molecule has 0 bridgehead atoms. The van der Waals surface area contributed by atoms with Crippen LogP contribution in [-0.4, -0.2) is 33.7 Å². The summed E-state index contributed by atoms with van der Waals surface area (Å²) < 4.78 is 1.81. The van der Waals surface area contributed by atoms with Gasteiger partial charge in [0.25, 0.3) is 0 Å². The van der Waals surface area contributed by atoms with E-state index < -0.39 is 0 Å². The molecule has 0 radical (unpaired) electrons. The molecule has 1 fully saturated rings. The van der Waals surface area contributed by atoms with Crippen molar-refractivity contribution in [2.24, 2.45) is 0 Å². The number of nitrogens with zero attached hydrogens (tertiary/aromatic N) is 3. The predicted octanol–water partition coefficient (Wildman–Crippen LogP) is 2.76. The lowest BCUT2D eigenvalue weighted by Crippen LogP contribution is -2.32. The van der Waals surface area contributed by atoms with E-state index >= 15 is 0 Å².